The molecule has 8 heteroatoms. The summed E-state index contributed by atoms with van der Waals surface area (Å²) < 4.78 is 16.9. The minimum atomic E-state index is -0.180. The average Bonchev–Trinajstić information content (AvgIpc) is 3.55. The van der Waals surface area contributed by atoms with E-state index in [2.05, 4.69) is 32.5 Å². The molecule has 1 aliphatic rings. The van der Waals surface area contributed by atoms with Gasteiger partial charge in [0.25, 0.3) is 0 Å². The Kier molecular flexibility index (Phi) is 8.33. The number of aromatic nitrogens is 2. The van der Waals surface area contributed by atoms with Crippen LogP contribution in [0.5, 0.6) is 5.88 Å². The molecule has 1 atom stereocenters. The van der Waals surface area contributed by atoms with E-state index >= 15 is 0 Å². The monoisotopic (exact) mass is 524 g/mol. The third kappa shape index (κ3) is 6.53. The lowest BCUT2D eigenvalue weighted by Crippen LogP contribution is -2.32. The molecule has 2 aromatic heterocycles. The van der Waals surface area contributed by atoms with E-state index in [9.17, 15) is 4.79 Å². The van der Waals surface area contributed by atoms with Crippen LogP contribution in [0.2, 0.25) is 0 Å². The summed E-state index contributed by atoms with van der Waals surface area (Å²) in [6.07, 6.45) is 4.79. The number of pyridine rings is 1. The van der Waals surface area contributed by atoms with E-state index in [4.69, 9.17) is 13.9 Å². The molecule has 8 nitrogen and oxygen atoms in total. The number of esters is 1. The van der Waals surface area contributed by atoms with E-state index < -0.39 is 0 Å². The Bertz CT molecular complexity index is 1400. The molecule has 0 saturated carbocycles. The van der Waals surface area contributed by atoms with Gasteiger partial charge in [-0.15, -0.1) is 0 Å². The number of aryl methyl sites for hydroxylation is 1. The van der Waals surface area contributed by atoms with Crippen LogP contribution in [0.15, 0.2) is 95.2 Å². The first-order valence-electron chi connectivity index (χ1n) is 13.1. The molecule has 0 radical (unpaired) electrons. The lowest BCUT2D eigenvalue weighted by Gasteiger charge is -2.27. The maximum Gasteiger partial charge on any atom is 0.306 e. The third-order valence-corrected chi connectivity index (χ3v) is 6.54. The van der Waals surface area contributed by atoms with Gasteiger partial charge in [0.15, 0.2) is 0 Å². The Morgan fingerprint density at radius 1 is 1.05 bits per heavy atom. The van der Waals surface area contributed by atoms with Crippen LogP contribution in [0.3, 0.4) is 0 Å². The van der Waals surface area contributed by atoms with Gasteiger partial charge in [-0.25, -0.2) is 15.0 Å². The molecule has 0 saturated heterocycles. The predicted molar refractivity (Wildman–Crippen MR) is 147 cm³/mol. The van der Waals surface area contributed by atoms with Crippen molar-refractivity contribution in [3.63, 3.8) is 0 Å². The molecule has 39 heavy (non-hydrogen) atoms. The normalized spacial score (nSPS) is 15.0. The van der Waals surface area contributed by atoms with Crippen LogP contribution in [0.25, 0.3) is 11.5 Å². The van der Waals surface area contributed by atoms with Crippen molar-refractivity contribution in [1.82, 2.24) is 20.4 Å². The van der Waals surface area contributed by atoms with Crippen molar-refractivity contribution in [2.45, 2.75) is 45.9 Å². The summed E-state index contributed by atoms with van der Waals surface area (Å²) in [5, 5.41) is 2.15. The molecule has 0 amide bonds. The fourth-order valence-electron chi connectivity index (χ4n) is 4.57. The zero-order valence-electron chi connectivity index (χ0n) is 22.2. The number of rotatable bonds is 11. The summed E-state index contributed by atoms with van der Waals surface area (Å²) in [6, 6.07) is 24.0. The summed E-state index contributed by atoms with van der Waals surface area (Å²) in [7, 11) is 0. The van der Waals surface area contributed by atoms with Crippen LogP contribution in [0.4, 0.5) is 0 Å². The molecule has 0 bridgehead atoms. The van der Waals surface area contributed by atoms with Gasteiger partial charge in [0.2, 0.25) is 11.8 Å². The molecule has 4 aromatic rings. The second-order valence-electron chi connectivity index (χ2n) is 9.28. The van der Waals surface area contributed by atoms with Crippen LogP contribution >= 0.6 is 0 Å². The molecule has 0 spiro atoms. The number of carbonyl (C=O) groups excluding carboxylic acids is 1. The summed E-state index contributed by atoms with van der Waals surface area (Å²) in [5.41, 5.74) is 8.38. The van der Waals surface area contributed by atoms with Gasteiger partial charge in [-0.1, -0.05) is 54.6 Å². The second-order valence-corrected chi connectivity index (χ2v) is 9.28. The first-order chi connectivity index (χ1) is 19.1. The van der Waals surface area contributed by atoms with E-state index in [1.54, 1.807) is 0 Å². The lowest BCUT2D eigenvalue weighted by molar-refractivity contribution is -0.143. The van der Waals surface area contributed by atoms with Gasteiger partial charge in [0.05, 0.1) is 12.6 Å². The molecule has 0 aliphatic carbocycles. The number of hydrazine groups is 1. The lowest BCUT2D eigenvalue weighted by atomic mass is 9.96. The van der Waals surface area contributed by atoms with Crippen LogP contribution < -0.4 is 10.2 Å². The zero-order valence-corrected chi connectivity index (χ0v) is 22.2. The smallest absolute Gasteiger partial charge is 0.306 e. The number of benzene rings is 2. The van der Waals surface area contributed by atoms with Crippen molar-refractivity contribution in [2.75, 3.05) is 6.61 Å². The summed E-state index contributed by atoms with van der Waals surface area (Å²) >= 11 is 0. The van der Waals surface area contributed by atoms with Gasteiger partial charge >= 0.3 is 5.97 Å². The van der Waals surface area contributed by atoms with Crippen molar-refractivity contribution >= 4 is 5.97 Å². The van der Waals surface area contributed by atoms with Gasteiger partial charge in [-0.05, 0) is 49.1 Å². The highest BCUT2D eigenvalue weighted by molar-refractivity contribution is 5.69. The van der Waals surface area contributed by atoms with Crippen LogP contribution in [0.1, 0.15) is 48.4 Å². The van der Waals surface area contributed by atoms with Gasteiger partial charge in [0, 0.05) is 37.0 Å². The van der Waals surface area contributed by atoms with Crippen molar-refractivity contribution in [2.24, 2.45) is 0 Å². The number of nitrogens with zero attached hydrogens (tertiary/aromatic N) is 3. The van der Waals surface area contributed by atoms with E-state index in [0.29, 0.717) is 37.8 Å². The number of nitrogens with one attached hydrogen (secondary N) is 1. The zero-order chi connectivity index (χ0) is 27.0. The number of hydrogen-bond donors (Lipinski definition) is 1. The van der Waals surface area contributed by atoms with E-state index in [1.807, 2.05) is 86.9 Å². The minimum Gasteiger partial charge on any atom is -0.471 e. The highest BCUT2D eigenvalue weighted by Gasteiger charge is 2.29. The Morgan fingerprint density at radius 2 is 1.82 bits per heavy atom. The quantitative estimate of drug-likeness (QED) is 0.242. The number of carbonyl (C=O) groups is 1. The SMILES string of the molecule is CCOC(=O)CCC1=CNN(Cc2ccc(OCc3nc(-c4ccccc4)oc3C)nc2)C1c1ccccc1. The highest BCUT2D eigenvalue weighted by atomic mass is 16.5. The first-order valence-corrected chi connectivity index (χ1v) is 13.1. The maximum atomic E-state index is 12.0. The van der Waals surface area contributed by atoms with Gasteiger partial charge < -0.3 is 19.3 Å². The topological polar surface area (TPSA) is 89.7 Å². The molecule has 1 aliphatic heterocycles. The molecule has 1 unspecified atom stereocenters. The number of hydrogen-bond acceptors (Lipinski definition) is 8. The van der Waals surface area contributed by atoms with Crippen molar-refractivity contribution in [3.8, 4) is 17.3 Å². The van der Waals surface area contributed by atoms with Gasteiger partial charge in [-0.2, -0.15) is 0 Å². The van der Waals surface area contributed by atoms with Crippen molar-refractivity contribution in [1.29, 1.82) is 0 Å². The van der Waals surface area contributed by atoms with Gasteiger partial charge in [0.1, 0.15) is 18.1 Å². The Hall–Kier alpha value is -4.43. The molecule has 1 N–H and O–H groups in total. The predicted octanol–water partition coefficient (Wildman–Crippen LogP) is 5.91. The van der Waals surface area contributed by atoms with Crippen molar-refractivity contribution < 1.29 is 18.7 Å². The second kappa shape index (κ2) is 12.4. The van der Waals surface area contributed by atoms with Crippen LogP contribution in [-0.4, -0.2) is 27.6 Å². The Balaban J connectivity index is 1.21. The van der Waals surface area contributed by atoms with Crippen molar-refractivity contribution in [3.05, 3.63) is 113 Å². The van der Waals surface area contributed by atoms with Crippen LogP contribution in [0, 0.1) is 6.92 Å². The number of ether oxygens (including phenoxy) is 2. The molecule has 2 aromatic carbocycles. The molecule has 5 rings (SSSR count). The van der Waals surface area contributed by atoms with E-state index in [-0.39, 0.29) is 18.6 Å². The molecular formula is C31H32N4O4. The van der Waals surface area contributed by atoms with E-state index in [0.717, 1.165) is 33.7 Å². The standard InChI is InChI=1S/C31H32N4O4/c1-3-37-29(36)17-15-26-19-33-35(30(26)24-10-6-4-7-11-24)20-23-14-16-28(32-18-23)38-21-27-22(2)39-31(34-27)25-12-8-5-9-13-25/h4-14,16,18-19,30,33H,3,15,17,20-21H2,1-2H3. The minimum absolute atomic E-state index is 0.00510. The van der Waals surface area contributed by atoms with Gasteiger partial charge in [-0.3, -0.25) is 4.79 Å². The third-order valence-electron chi connectivity index (χ3n) is 6.54. The summed E-state index contributed by atoms with van der Waals surface area (Å²) in [4.78, 5) is 21.1. The average molecular weight is 525 g/mol. The fraction of sp³-hybridized carbons (Fsp3) is 0.258. The van der Waals surface area contributed by atoms with Crippen LogP contribution in [-0.2, 0) is 22.7 Å². The molecule has 3 heterocycles. The number of oxazole rings is 1. The molecule has 0 fully saturated rings. The molecular weight excluding hydrogens is 492 g/mol. The Morgan fingerprint density at radius 3 is 2.54 bits per heavy atom. The summed E-state index contributed by atoms with van der Waals surface area (Å²) in [6.45, 7) is 4.99. The fourth-order valence-corrected chi connectivity index (χ4v) is 4.57. The molecule has 200 valence electrons. The maximum absolute atomic E-state index is 12.0. The largest absolute Gasteiger partial charge is 0.471 e. The first kappa shape index (κ1) is 26.2. The van der Waals surface area contributed by atoms with E-state index in [1.165, 1.54) is 0 Å². The Labute approximate surface area is 228 Å². The summed E-state index contributed by atoms with van der Waals surface area (Å²) in [5.74, 6) is 1.64. The highest BCUT2D eigenvalue weighted by Crippen LogP contribution is 2.35.